The topological polar surface area (TPSA) is 131 Å². The molecule has 1 aromatic carbocycles. The van der Waals surface area contributed by atoms with Crippen molar-refractivity contribution in [3.05, 3.63) is 48.4 Å². The highest BCUT2D eigenvalue weighted by atomic mass is 32.2. The molecule has 1 atom stereocenters. The van der Waals surface area contributed by atoms with Crippen LogP contribution in [0.3, 0.4) is 0 Å². The molecule has 0 saturated carbocycles. The highest BCUT2D eigenvalue weighted by molar-refractivity contribution is 7.89. The summed E-state index contributed by atoms with van der Waals surface area (Å²) in [5.74, 6) is 0.933. The van der Waals surface area contributed by atoms with E-state index in [-0.39, 0.29) is 23.3 Å². The Kier molecular flexibility index (Phi) is 5.79. The lowest BCUT2D eigenvalue weighted by molar-refractivity contribution is -0.114. The number of amides is 1. The van der Waals surface area contributed by atoms with Gasteiger partial charge in [0.25, 0.3) is 5.89 Å². The molecular weight excluding hydrogens is 420 g/mol. The molecule has 1 aliphatic heterocycles. The second-order valence-corrected chi connectivity index (χ2v) is 9.31. The predicted molar refractivity (Wildman–Crippen MR) is 112 cm³/mol. The second kappa shape index (κ2) is 8.52. The minimum absolute atomic E-state index is 0.172. The summed E-state index contributed by atoms with van der Waals surface area (Å²) >= 11 is 0. The van der Waals surface area contributed by atoms with Crippen LogP contribution in [0.5, 0.6) is 0 Å². The number of rotatable bonds is 5. The van der Waals surface area contributed by atoms with Crippen molar-refractivity contribution in [3.8, 4) is 11.5 Å². The first-order valence-electron chi connectivity index (χ1n) is 9.83. The average molecular weight is 443 g/mol. The molecule has 1 amide bonds. The van der Waals surface area contributed by atoms with E-state index in [4.69, 9.17) is 4.42 Å². The van der Waals surface area contributed by atoms with Crippen molar-refractivity contribution >= 4 is 21.6 Å². The lowest BCUT2D eigenvalue weighted by Gasteiger charge is -2.30. The first-order valence-corrected chi connectivity index (χ1v) is 11.3. The number of anilines is 1. The quantitative estimate of drug-likeness (QED) is 0.637. The van der Waals surface area contributed by atoms with Gasteiger partial charge in [-0.25, -0.2) is 18.4 Å². The fraction of sp³-hybridized carbons (Fsp3) is 0.350. The number of aryl methyl sites for hydroxylation is 1. The zero-order chi connectivity index (χ0) is 22.0. The zero-order valence-electron chi connectivity index (χ0n) is 17.1. The molecule has 4 rings (SSSR count). The number of carbonyl (C=O) groups is 1. The maximum atomic E-state index is 13.1. The summed E-state index contributed by atoms with van der Waals surface area (Å²) in [6, 6.07) is 6.13. The maximum absolute atomic E-state index is 13.1. The Bertz CT molecular complexity index is 1180. The molecule has 0 bridgehead atoms. The van der Waals surface area contributed by atoms with Crippen LogP contribution >= 0.6 is 0 Å². The molecule has 1 saturated heterocycles. The van der Waals surface area contributed by atoms with Gasteiger partial charge < -0.3 is 9.73 Å². The molecule has 3 aromatic rings. The van der Waals surface area contributed by atoms with Gasteiger partial charge >= 0.3 is 0 Å². The molecule has 2 aromatic heterocycles. The Morgan fingerprint density at radius 1 is 1.16 bits per heavy atom. The van der Waals surface area contributed by atoms with Crippen LogP contribution in [-0.4, -0.2) is 51.9 Å². The normalized spacial score (nSPS) is 17.4. The average Bonchev–Trinajstić information content (AvgIpc) is 3.25. The van der Waals surface area contributed by atoms with Crippen LogP contribution in [0.25, 0.3) is 11.5 Å². The highest BCUT2D eigenvalue weighted by Crippen LogP contribution is 2.31. The van der Waals surface area contributed by atoms with Crippen molar-refractivity contribution in [2.45, 2.75) is 37.5 Å². The van der Waals surface area contributed by atoms with E-state index >= 15 is 0 Å². The summed E-state index contributed by atoms with van der Waals surface area (Å²) in [6.07, 6.45) is 4.66. The van der Waals surface area contributed by atoms with Crippen molar-refractivity contribution in [3.63, 3.8) is 0 Å². The van der Waals surface area contributed by atoms with Crippen molar-refractivity contribution in [1.29, 1.82) is 0 Å². The standard InChI is InChI=1S/C20H22N6O4S/c1-13-21-10-16(11-22-13)20-25-24-19(30-20)15-4-3-9-26(12-15)31(28,29)18-7-5-17(6-8-18)23-14(2)27/h5-8,10-11,15H,3-4,9,12H2,1-2H3,(H,23,27). The third-order valence-corrected chi connectivity index (χ3v) is 6.89. The predicted octanol–water partition coefficient (Wildman–Crippen LogP) is 2.36. The number of nitrogens with zero attached hydrogens (tertiary/aromatic N) is 5. The summed E-state index contributed by atoms with van der Waals surface area (Å²) in [7, 11) is -3.69. The highest BCUT2D eigenvalue weighted by Gasteiger charge is 2.33. The van der Waals surface area contributed by atoms with Gasteiger partial charge in [-0.1, -0.05) is 0 Å². The molecule has 0 radical (unpaired) electrons. The van der Waals surface area contributed by atoms with Crippen molar-refractivity contribution in [1.82, 2.24) is 24.5 Å². The molecule has 3 heterocycles. The van der Waals surface area contributed by atoms with Gasteiger partial charge in [0.2, 0.25) is 21.8 Å². The van der Waals surface area contributed by atoms with E-state index < -0.39 is 10.0 Å². The summed E-state index contributed by atoms with van der Waals surface area (Å²) in [5, 5.41) is 10.8. The van der Waals surface area contributed by atoms with Gasteiger partial charge in [-0.05, 0) is 44.0 Å². The molecule has 1 unspecified atom stereocenters. The summed E-state index contributed by atoms with van der Waals surface area (Å²) < 4.78 is 33.5. The molecule has 1 N–H and O–H groups in total. The fourth-order valence-corrected chi connectivity index (χ4v) is 4.97. The fourth-order valence-electron chi connectivity index (χ4n) is 3.44. The van der Waals surface area contributed by atoms with Crippen LogP contribution < -0.4 is 5.32 Å². The number of aromatic nitrogens is 4. The summed E-state index contributed by atoms with van der Waals surface area (Å²) in [6.45, 7) is 3.85. The molecular formula is C20H22N6O4S. The minimum atomic E-state index is -3.69. The number of nitrogens with one attached hydrogen (secondary N) is 1. The van der Waals surface area contributed by atoms with Gasteiger partial charge in [-0.2, -0.15) is 4.31 Å². The third kappa shape index (κ3) is 4.62. The molecule has 162 valence electrons. The Morgan fingerprint density at radius 2 is 1.87 bits per heavy atom. The lowest BCUT2D eigenvalue weighted by Crippen LogP contribution is -2.39. The van der Waals surface area contributed by atoms with E-state index in [1.165, 1.54) is 23.4 Å². The van der Waals surface area contributed by atoms with Crippen molar-refractivity contribution in [2.24, 2.45) is 0 Å². The molecule has 0 aliphatic carbocycles. The Balaban J connectivity index is 1.50. The first kappa shape index (κ1) is 21.1. The zero-order valence-corrected chi connectivity index (χ0v) is 18.0. The second-order valence-electron chi connectivity index (χ2n) is 7.37. The van der Waals surface area contributed by atoms with Gasteiger partial charge in [-0.15, -0.1) is 10.2 Å². The van der Waals surface area contributed by atoms with E-state index in [1.54, 1.807) is 31.5 Å². The molecule has 11 heteroatoms. The molecule has 1 fully saturated rings. The Hall–Kier alpha value is -3.18. The maximum Gasteiger partial charge on any atom is 0.250 e. The van der Waals surface area contributed by atoms with E-state index in [2.05, 4.69) is 25.5 Å². The van der Waals surface area contributed by atoms with E-state index in [1.807, 2.05) is 0 Å². The summed E-state index contributed by atoms with van der Waals surface area (Å²) in [5.41, 5.74) is 1.16. The molecule has 31 heavy (non-hydrogen) atoms. The Morgan fingerprint density at radius 3 is 2.55 bits per heavy atom. The summed E-state index contributed by atoms with van der Waals surface area (Å²) in [4.78, 5) is 19.6. The largest absolute Gasteiger partial charge is 0.420 e. The molecule has 0 spiro atoms. The Labute approximate surface area is 179 Å². The van der Waals surface area contributed by atoms with Gasteiger partial charge in [0.05, 0.1) is 16.4 Å². The van der Waals surface area contributed by atoms with Gasteiger partial charge in [0.15, 0.2) is 0 Å². The van der Waals surface area contributed by atoms with Crippen LogP contribution in [0.2, 0.25) is 0 Å². The molecule has 10 nitrogen and oxygen atoms in total. The number of benzene rings is 1. The van der Waals surface area contributed by atoms with Gasteiger partial charge in [-0.3, -0.25) is 4.79 Å². The van der Waals surface area contributed by atoms with Gasteiger partial charge in [0, 0.05) is 38.1 Å². The monoisotopic (exact) mass is 442 g/mol. The smallest absolute Gasteiger partial charge is 0.250 e. The minimum Gasteiger partial charge on any atom is -0.420 e. The van der Waals surface area contributed by atoms with Gasteiger partial charge in [0.1, 0.15) is 5.82 Å². The SMILES string of the molecule is CC(=O)Nc1ccc(S(=O)(=O)N2CCCC(c3nnc(-c4cnc(C)nc4)o3)C2)cc1. The third-order valence-electron chi connectivity index (χ3n) is 5.01. The van der Waals surface area contributed by atoms with Crippen LogP contribution in [0.15, 0.2) is 46.0 Å². The lowest BCUT2D eigenvalue weighted by atomic mass is 10.00. The van der Waals surface area contributed by atoms with Crippen molar-refractivity contribution < 1.29 is 17.6 Å². The first-order chi connectivity index (χ1) is 14.8. The number of hydrogen-bond donors (Lipinski definition) is 1. The van der Waals surface area contributed by atoms with E-state index in [9.17, 15) is 13.2 Å². The van der Waals surface area contributed by atoms with Crippen molar-refractivity contribution in [2.75, 3.05) is 18.4 Å². The molecule has 1 aliphatic rings. The van der Waals surface area contributed by atoms with Crippen LogP contribution in [0, 0.1) is 6.92 Å². The van der Waals surface area contributed by atoms with Crippen LogP contribution in [-0.2, 0) is 14.8 Å². The van der Waals surface area contributed by atoms with Crippen LogP contribution in [0.4, 0.5) is 5.69 Å². The number of piperidine rings is 1. The van der Waals surface area contributed by atoms with E-state index in [0.717, 1.165) is 6.42 Å². The number of hydrogen-bond acceptors (Lipinski definition) is 8. The van der Waals surface area contributed by atoms with E-state index in [0.29, 0.717) is 41.8 Å². The number of carbonyl (C=O) groups excluding carboxylic acids is 1. The van der Waals surface area contributed by atoms with Crippen LogP contribution in [0.1, 0.15) is 37.4 Å². The number of sulfonamides is 1.